The maximum atomic E-state index is 12.7. The Labute approximate surface area is 190 Å². The molecule has 9 heteroatoms. The van der Waals surface area contributed by atoms with Crippen LogP contribution in [0.3, 0.4) is 0 Å². The Kier molecular flexibility index (Phi) is 7.46. The largest absolute Gasteiger partial charge is 0.454 e. The minimum atomic E-state index is -4.41. The van der Waals surface area contributed by atoms with E-state index in [-0.39, 0.29) is 36.0 Å². The maximum Gasteiger partial charge on any atom is 0.416 e. The number of carbonyl (C=O) groups excluding carboxylic acids is 2. The van der Waals surface area contributed by atoms with Crippen LogP contribution in [0.1, 0.15) is 50.8 Å². The van der Waals surface area contributed by atoms with E-state index in [1.54, 1.807) is 11.0 Å². The molecule has 5 nitrogen and oxygen atoms in total. The molecule has 4 rings (SSSR count). The molecular weight excluding hydrogens is 445 g/mol. The summed E-state index contributed by atoms with van der Waals surface area (Å²) >= 11 is 0. The van der Waals surface area contributed by atoms with Crippen LogP contribution in [-0.2, 0) is 10.9 Å². The molecule has 0 spiro atoms. The van der Waals surface area contributed by atoms with E-state index in [0.717, 1.165) is 37.1 Å². The number of carbonyl (C=O) groups is 2. The van der Waals surface area contributed by atoms with E-state index in [9.17, 15) is 22.8 Å². The zero-order valence-corrected chi connectivity index (χ0v) is 18.1. The Balaban J connectivity index is 0.00000289. The fourth-order valence-electron chi connectivity index (χ4n) is 4.09. The molecule has 0 bridgehead atoms. The second-order valence-corrected chi connectivity index (χ2v) is 7.83. The Hall–Kier alpha value is -2.58. The van der Waals surface area contributed by atoms with Crippen molar-refractivity contribution in [3.05, 3.63) is 70.8 Å². The number of fused-ring (bicyclic) bond motifs is 1. The Bertz CT molecular complexity index is 958. The molecule has 2 aliphatic heterocycles. The van der Waals surface area contributed by atoms with Gasteiger partial charge in [0.05, 0.1) is 11.1 Å². The lowest BCUT2D eigenvalue weighted by Crippen LogP contribution is -2.48. The van der Waals surface area contributed by atoms with Gasteiger partial charge in [0, 0.05) is 37.3 Å². The van der Waals surface area contributed by atoms with Gasteiger partial charge in [0.15, 0.2) is 0 Å². The molecule has 1 fully saturated rings. The molecule has 2 heterocycles. The smallest absolute Gasteiger partial charge is 0.416 e. The number of piperazine rings is 1. The van der Waals surface area contributed by atoms with Crippen LogP contribution in [0.15, 0.2) is 48.5 Å². The lowest BCUT2D eigenvalue weighted by atomic mass is 10.0. The number of rotatable bonds is 5. The number of halogens is 4. The number of hydrogen-bond acceptors (Lipinski definition) is 4. The predicted molar refractivity (Wildman–Crippen MR) is 115 cm³/mol. The highest BCUT2D eigenvalue weighted by Crippen LogP contribution is 2.33. The molecular formula is C23H24ClF3N2O3. The molecule has 2 aromatic rings. The van der Waals surface area contributed by atoms with Crippen molar-refractivity contribution >= 4 is 24.3 Å². The lowest BCUT2D eigenvalue weighted by Gasteiger charge is -2.35. The first-order valence-electron chi connectivity index (χ1n) is 10.3. The summed E-state index contributed by atoms with van der Waals surface area (Å²) in [6, 6.07) is 11.8. The van der Waals surface area contributed by atoms with Crippen LogP contribution < -0.4 is 0 Å². The SMILES string of the molecule is Cl.O=C1OC(CCCN2CCN(C(=O)c3ccc(C(F)(F)F)cc3)CC2)c2ccccc21. The van der Waals surface area contributed by atoms with E-state index in [1.165, 1.54) is 12.1 Å². The van der Waals surface area contributed by atoms with Gasteiger partial charge in [0.25, 0.3) is 5.91 Å². The molecule has 2 aliphatic rings. The molecule has 1 unspecified atom stereocenters. The van der Waals surface area contributed by atoms with Gasteiger partial charge in [-0.05, 0) is 49.7 Å². The lowest BCUT2D eigenvalue weighted by molar-refractivity contribution is -0.137. The van der Waals surface area contributed by atoms with Crippen LogP contribution in [0.25, 0.3) is 0 Å². The summed E-state index contributed by atoms with van der Waals surface area (Å²) in [6.07, 6.45) is -3.01. The zero-order valence-electron chi connectivity index (χ0n) is 17.3. The minimum Gasteiger partial charge on any atom is -0.454 e. The third-order valence-electron chi connectivity index (χ3n) is 5.84. The number of amides is 1. The molecule has 0 aliphatic carbocycles. The summed E-state index contributed by atoms with van der Waals surface area (Å²) in [7, 11) is 0. The number of esters is 1. The molecule has 1 saturated heterocycles. The van der Waals surface area contributed by atoms with Gasteiger partial charge < -0.3 is 9.64 Å². The molecule has 2 aromatic carbocycles. The fourth-order valence-corrected chi connectivity index (χ4v) is 4.09. The van der Waals surface area contributed by atoms with Gasteiger partial charge in [-0.3, -0.25) is 9.69 Å². The highest BCUT2D eigenvalue weighted by Gasteiger charge is 2.31. The van der Waals surface area contributed by atoms with Crippen LogP contribution in [0.4, 0.5) is 13.2 Å². The van der Waals surface area contributed by atoms with Crippen LogP contribution in [0, 0.1) is 0 Å². The van der Waals surface area contributed by atoms with Gasteiger partial charge in [-0.1, -0.05) is 18.2 Å². The molecule has 0 N–H and O–H groups in total. The summed E-state index contributed by atoms with van der Waals surface area (Å²) in [4.78, 5) is 28.4. The Morgan fingerprint density at radius 3 is 2.31 bits per heavy atom. The molecule has 0 saturated carbocycles. The van der Waals surface area contributed by atoms with E-state index in [4.69, 9.17) is 4.74 Å². The maximum absolute atomic E-state index is 12.7. The van der Waals surface area contributed by atoms with E-state index in [0.29, 0.717) is 31.7 Å². The van der Waals surface area contributed by atoms with Crippen molar-refractivity contribution in [2.45, 2.75) is 25.1 Å². The highest BCUT2D eigenvalue weighted by molar-refractivity contribution is 5.94. The highest BCUT2D eigenvalue weighted by atomic mass is 35.5. The zero-order chi connectivity index (χ0) is 22.0. The van der Waals surface area contributed by atoms with E-state index < -0.39 is 11.7 Å². The van der Waals surface area contributed by atoms with Crippen molar-refractivity contribution in [2.75, 3.05) is 32.7 Å². The standard InChI is InChI=1S/C23H23F3N2O3.ClH/c24-23(25,26)17-9-7-16(8-10-17)21(29)28-14-12-27(13-15-28)11-3-6-20-18-4-1-2-5-19(18)22(30)31-20;/h1-2,4-5,7-10,20H,3,6,11-15H2;1H. The van der Waals surface area contributed by atoms with Gasteiger partial charge in [-0.15, -0.1) is 12.4 Å². The molecule has 172 valence electrons. The predicted octanol–water partition coefficient (Wildman–Crippen LogP) is 4.58. The van der Waals surface area contributed by atoms with E-state index >= 15 is 0 Å². The summed E-state index contributed by atoms with van der Waals surface area (Å²) in [5.74, 6) is -0.515. The third-order valence-corrected chi connectivity index (χ3v) is 5.84. The second-order valence-electron chi connectivity index (χ2n) is 7.83. The summed E-state index contributed by atoms with van der Waals surface area (Å²) in [5.41, 5.74) is 1.09. The van der Waals surface area contributed by atoms with Crippen LogP contribution >= 0.6 is 12.4 Å². The second kappa shape index (κ2) is 9.92. The molecule has 1 atom stereocenters. The van der Waals surface area contributed by atoms with E-state index in [1.807, 2.05) is 18.2 Å². The van der Waals surface area contributed by atoms with Crippen LogP contribution in [0.5, 0.6) is 0 Å². The number of nitrogens with zero attached hydrogens (tertiary/aromatic N) is 2. The normalized spacial score (nSPS) is 18.7. The topological polar surface area (TPSA) is 49.9 Å². The van der Waals surface area contributed by atoms with Crippen molar-refractivity contribution in [3.8, 4) is 0 Å². The van der Waals surface area contributed by atoms with Crippen molar-refractivity contribution in [3.63, 3.8) is 0 Å². The van der Waals surface area contributed by atoms with Gasteiger partial charge >= 0.3 is 12.1 Å². The number of cyclic esters (lactones) is 1. The fraction of sp³-hybridized carbons (Fsp3) is 0.391. The van der Waals surface area contributed by atoms with Crippen molar-refractivity contribution < 1.29 is 27.5 Å². The first-order chi connectivity index (χ1) is 14.8. The number of ether oxygens (including phenoxy) is 1. The first-order valence-corrected chi connectivity index (χ1v) is 10.3. The number of alkyl halides is 3. The molecule has 0 radical (unpaired) electrons. The van der Waals surface area contributed by atoms with Gasteiger partial charge in [-0.25, -0.2) is 4.79 Å². The average Bonchev–Trinajstić information content (AvgIpc) is 3.09. The monoisotopic (exact) mass is 468 g/mol. The van der Waals surface area contributed by atoms with E-state index in [2.05, 4.69) is 4.90 Å². The first kappa shape index (κ1) is 24.1. The summed E-state index contributed by atoms with van der Waals surface area (Å²) < 4.78 is 43.5. The average molecular weight is 469 g/mol. The van der Waals surface area contributed by atoms with Gasteiger partial charge in [0.1, 0.15) is 6.10 Å². The Morgan fingerprint density at radius 2 is 1.66 bits per heavy atom. The van der Waals surface area contributed by atoms with Gasteiger partial charge in [-0.2, -0.15) is 13.2 Å². The minimum absolute atomic E-state index is 0. The molecule has 1 amide bonds. The quantitative estimate of drug-likeness (QED) is 0.603. The number of benzene rings is 2. The molecule has 0 aromatic heterocycles. The van der Waals surface area contributed by atoms with Crippen molar-refractivity contribution in [1.29, 1.82) is 0 Å². The number of hydrogen-bond donors (Lipinski definition) is 0. The molecule has 32 heavy (non-hydrogen) atoms. The summed E-state index contributed by atoms with van der Waals surface area (Å²) in [5, 5.41) is 0. The third kappa shape index (κ3) is 5.24. The van der Waals surface area contributed by atoms with Crippen LogP contribution in [0.2, 0.25) is 0 Å². The van der Waals surface area contributed by atoms with Crippen molar-refractivity contribution in [2.24, 2.45) is 0 Å². The van der Waals surface area contributed by atoms with Crippen molar-refractivity contribution in [1.82, 2.24) is 9.80 Å². The Morgan fingerprint density at radius 1 is 1.00 bits per heavy atom. The summed E-state index contributed by atoms with van der Waals surface area (Å²) in [6.45, 7) is 3.29. The van der Waals surface area contributed by atoms with Gasteiger partial charge in [0.2, 0.25) is 0 Å². The van der Waals surface area contributed by atoms with Crippen LogP contribution in [-0.4, -0.2) is 54.4 Å².